The first-order chi connectivity index (χ1) is 23.4. The Balaban J connectivity index is 1.19. The lowest BCUT2D eigenvalue weighted by Gasteiger charge is -2.14. The number of methoxy groups -OCH3 is 2. The van der Waals surface area contributed by atoms with Gasteiger partial charge < -0.3 is 27.8 Å². The van der Waals surface area contributed by atoms with Crippen LogP contribution in [0.2, 0.25) is 0 Å². The molecule has 0 spiro atoms. The first-order valence-electron chi connectivity index (χ1n) is 15.3. The molecular weight excluding hydrogens is 612 g/mol. The largest absolute Gasteiger partial charge is 0.492 e. The first-order valence-corrected chi connectivity index (χ1v) is 15.3. The second kappa shape index (κ2) is 14.5. The number of para-hydroxylation sites is 2. The molecule has 0 saturated carbocycles. The van der Waals surface area contributed by atoms with E-state index in [4.69, 9.17) is 32.9 Å². The zero-order valence-corrected chi connectivity index (χ0v) is 27.0. The second-order valence-corrected chi connectivity index (χ2v) is 10.6. The van der Waals surface area contributed by atoms with Crippen LogP contribution in [0.25, 0.3) is 29.3 Å². The van der Waals surface area contributed by atoms with Crippen molar-refractivity contribution in [2.45, 2.75) is 33.5 Å². The van der Waals surface area contributed by atoms with Crippen LogP contribution in [0, 0.1) is 6.92 Å². The maximum atomic E-state index is 12.0. The summed E-state index contributed by atoms with van der Waals surface area (Å²) in [7, 11) is 2.92. The number of hydrogen-bond donors (Lipinski definition) is 0. The van der Waals surface area contributed by atoms with Crippen LogP contribution in [0.5, 0.6) is 17.4 Å². The van der Waals surface area contributed by atoms with Crippen molar-refractivity contribution < 1.29 is 32.6 Å². The normalized spacial score (nSPS) is 11.2. The molecule has 0 radical (unpaired) electrons. The van der Waals surface area contributed by atoms with E-state index in [1.165, 1.54) is 7.11 Å². The predicted molar refractivity (Wildman–Crippen MR) is 178 cm³/mol. The van der Waals surface area contributed by atoms with Gasteiger partial charge in [0.2, 0.25) is 11.8 Å². The molecule has 0 fully saturated rings. The molecule has 0 aliphatic heterocycles. The van der Waals surface area contributed by atoms with Crippen molar-refractivity contribution in [3.8, 4) is 34.5 Å². The first kappa shape index (κ1) is 31.9. The van der Waals surface area contributed by atoms with E-state index in [2.05, 4.69) is 9.97 Å². The zero-order chi connectivity index (χ0) is 33.5. The van der Waals surface area contributed by atoms with E-state index >= 15 is 0 Å². The number of aromatic nitrogens is 4. The minimum Gasteiger partial charge on any atom is -0.492 e. The highest BCUT2D eigenvalue weighted by atomic mass is 16.5. The molecule has 0 N–H and O–H groups in total. The van der Waals surface area contributed by atoms with Crippen LogP contribution in [0.3, 0.4) is 0 Å². The minimum atomic E-state index is -0.436. The van der Waals surface area contributed by atoms with Gasteiger partial charge in [0, 0.05) is 23.7 Å². The third-order valence-corrected chi connectivity index (χ3v) is 7.45. The molecule has 11 heteroatoms. The van der Waals surface area contributed by atoms with Crippen LogP contribution in [0.1, 0.15) is 51.4 Å². The molecule has 3 heterocycles. The Morgan fingerprint density at radius 1 is 0.938 bits per heavy atom. The summed E-state index contributed by atoms with van der Waals surface area (Å²) in [6, 6.07) is 22.3. The molecule has 6 aromatic rings. The Bertz CT molecular complexity index is 2040. The summed E-state index contributed by atoms with van der Waals surface area (Å²) in [6.45, 7) is 4.10. The molecule has 3 aromatic carbocycles. The standard InChI is InChI=1S/C37H34N4O7/c1-5-33-38-29(22-46-33)18-17-27-20-41(30-14-7-6-8-15-30)40-36(27)47-21-28-13-10-16-32(34(28)43-3)45-23-31-24(2)48-35(39-31)25-11-9-12-26(19-25)37(42)44-4/h6-20,22H,5,21,23H2,1-4H3. The number of carbonyl (C=O) groups excluding carboxylic acids is 1. The number of oxazole rings is 2. The Kier molecular flexibility index (Phi) is 9.66. The van der Waals surface area contributed by atoms with Gasteiger partial charge in [0.25, 0.3) is 0 Å². The van der Waals surface area contributed by atoms with E-state index in [0.717, 1.165) is 16.8 Å². The Labute approximate surface area is 277 Å². The van der Waals surface area contributed by atoms with Gasteiger partial charge in [0.1, 0.15) is 36.6 Å². The van der Waals surface area contributed by atoms with Gasteiger partial charge in [-0.2, -0.15) is 0 Å². The summed E-state index contributed by atoms with van der Waals surface area (Å²) < 4.78 is 36.2. The fraction of sp³-hybridized carbons (Fsp3) is 0.189. The van der Waals surface area contributed by atoms with Crippen LogP contribution < -0.4 is 14.2 Å². The molecule has 244 valence electrons. The molecule has 0 bridgehead atoms. The Morgan fingerprint density at radius 3 is 2.54 bits per heavy atom. The van der Waals surface area contributed by atoms with E-state index in [-0.39, 0.29) is 13.2 Å². The molecule has 0 atom stereocenters. The van der Waals surface area contributed by atoms with Crippen molar-refractivity contribution in [3.63, 3.8) is 0 Å². The van der Waals surface area contributed by atoms with Gasteiger partial charge in [0.05, 0.1) is 31.0 Å². The third kappa shape index (κ3) is 7.15. The quantitative estimate of drug-likeness (QED) is 0.116. The topological polar surface area (TPSA) is 124 Å². The third-order valence-electron chi connectivity index (χ3n) is 7.45. The van der Waals surface area contributed by atoms with Crippen LogP contribution in [-0.4, -0.2) is 39.9 Å². The Hall–Kier alpha value is -6.10. The van der Waals surface area contributed by atoms with Crippen LogP contribution in [-0.2, 0) is 24.4 Å². The van der Waals surface area contributed by atoms with Gasteiger partial charge in [-0.3, -0.25) is 0 Å². The highest BCUT2D eigenvalue weighted by Crippen LogP contribution is 2.34. The monoisotopic (exact) mass is 646 g/mol. The molecule has 0 aliphatic rings. The summed E-state index contributed by atoms with van der Waals surface area (Å²) >= 11 is 0. The number of nitrogens with zero attached hydrogens (tertiary/aromatic N) is 4. The van der Waals surface area contributed by atoms with Gasteiger partial charge in [0.15, 0.2) is 17.4 Å². The molecular formula is C37H34N4O7. The van der Waals surface area contributed by atoms with Crippen LogP contribution in [0.4, 0.5) is 0 Å². The lowest BCUT2D eigenvalue weighted by Crippen LogP contribution is -2.04. The van der Waals surface area contributed by atoms with E-state index in [1.54, 1.807) is 36.3 Å². The van der Waals surface area contributed by atoms with Crippen LogP contribution >= 0.6 is 0 Å². The van der Waals surface area contributed by atoms with Gasteiger partial charge in [-0.05, 0) is 55.5 Å². The Morgan fingerprint density at radius 2 is 1.77 bits per heavy atom. The van der Waals surface area contributed by atoms with Crippen molar-refractivity contribution in [3.05, 3.63) is 125 Å². The number of ether oxygens (including phenoxy) is 4. The fourth-order valence-corrected chi connectivity index (χ4v) is 4.95. The number of benzene rings is 3. The highest BCUT2D eigenvalue weighted by Gasteiger charge is 2.18. The SMILES string of the molecule is CCc1nc(C=Cc2cn(-c3ccccc3)nc2OCc2cccc(OCc3nc(-c4cccc(C(=O)OC)c4)oc3C)c2OC)co1. The summed E-state index contributed by atoms with van der Waals surface area (Å²) in [5, 5.41) is 4.72. The molecule has 0 aliphatic carbocycles. The van der Waals surface area contributed by atoms with Crippen molar-refractivity contribution in [2.75, 3.05) is 14.2 Å². The predicted octanol–water partition coefficient (Wildman–Crippen LogP) is 7.51. The summed E-state index contributed by atoms with van der Waals surface area (Å²) in [5.41, 5.74) is 4.80. The van der Waals surface area contributed by atoms with Crippen molar-refractivity contribution in [1.29, 1.82) is 0 Å². The van der Waals surface area contributed by atoms with E-state index in [1.807, 2.05) is 86.8 Å². The molecule has 0 saturated heterocycles. The van der Waals surface area contributed by atoms with Gasteiger partial charge >= 0.3 is 5.97 Å². The molecule has 48 heavy (non-hydrogen) atoms. The van der Waals surface area contributed by atoms with Crippen molar-refractivity contribution >= 4 is 18.1 Å². The lowest BCUT2D eigenvalue weighted by molar-refractivity contribution is 0.0600. The molecule has 0 amide bonds. The average Bonchev–Trinajstić information content (AvgIpc) is 3.87. The molecule has 6 rings (SSSR count). The summed E-state index contributed by atoms with van der Waals surface area (Å²) in [4.78, 5) is 21.1. The van der Waals surface area contributed by atoms with E-state index in [9.17, 15) is 4.79 Å². The molecule has 3 aromatic heterocycles. The van der Waals surface area contributed by atoms with Crippen LogP contribution in [0.15, 0.2) is 94.1 Å². The van der Waals surface area contributed by atoms with Gasteiger partial charge in [-0.25, -0.2) is 19.4 Å². The minimum absolute atomic E-state index is 0.130. The lowest BCUT2D eigenvalue weighted by atomic mass is 10.1. The maximum Gasteiger partial charge on any atom is 0.337 e. The van der Waals surface area contributed by atoms with Crippen molar-refractivity contribution in [2.24, 2.45) is 0 Å². The smallest absolute Gasteiger partial charge is 0.337 e. The van der Waals surface area contributed by atoms with Gasteiger partial charge in [-0.15, -0.1) is 5.10 Å². The number of carbonyl (C=O) groups is 1. The van der Waals surface area contributed by atoms with E-state index in [0.29, 0.717) is 63.9 Å². The number of rotatable bonds is 13. The number of aryl methyl sites for hydroxylation is 2. The van der Waals surface area contributed by atoms with Gasteiger partial charge in [-0.1, -0.05) is 43.3 Å². The highest BCUT2D eigenvalue weighted by molar-refractivity contribution is 5.90. The van der Waals surface area contributed by atoms with Crippen molar-refractivity contribution in [1.82, 2.24) is 19.7 Å². The van der Waals surface area contributed by atoms with E-state index < -0.39 is 5.97 Å². The fourth-order valence-electron chi connectivity index (χ4n) is 4.95. The molecule has 0 unspecified atom stereocenters. The second-order valence-electron chi connectivity index (χ2n) is 10.6. The maximum absolute atomic E-state index is 12.0. The summed E-state index contributed by atoms with van der Waals surface area (Å²) in [5.74, 6) is 2.68. The number of esters is 1. The zero-order valence-electron chi connectivity index (χ0n) is 27.0. The summed E-state index contributed by atoms with van der Waals surface area (Å²) in [6.07, 6.45) is 8.00. The molecule has 11 nitrogen and oxygen atoms in total. The average molecular weight is 647 g/mol. The number of hydrogen-bond acceptors (Lipinski definition) is 10.